The van der Waals surface area contributed by atoms with E-state index in [1.807, 2.05) is 13.0 Å². The average Bonchev–Trinajstić information content (AvgIpc) is 2.25. The molecule has 1 N–H and O–H groups in total. The van der Waals surface area contributed by atoms with Gasteiger partial charge in [0.05, 0.1) is 0 Å². The third-order valence-electron chi connectivity index (χ3n) is 3.65. The molecule has 3 heteroatoms. The number of halogens is 2. The van der Waals surface area contributed by atoms with Gasteiger partial charge in [-0.15, -0.1) is 0 Å². The Balaban J connectivity index is 1.85. The third-order valence-corrected chi connectivity index (χ3v) is 4.15. The Morgan fingerprint density at radius 2 is 2.24 bits per heavy atom. The molecule has 0 heterocycles. The Morgan fingerprint density at radius 1 is 1.47 bits per heavy atom. The molecule has 1 fully saturated rings. The first-order chi connectivity index (χ1) is 8.16. The van der Waals surface area contributed by atoms with Gasteiger partial charge in [0.15, 0.2) is 0 Å². The topological polar surface area (TPSA) is 12.0 Å². The normalized spacial score (nSPS) is 17.8. The molecule has 0 aliphatic heterocycles. The van der Waals surface area contributed by atoms with E-state index in [2.05, 4.69) is 21.2 Å². The maximum Gasteiger partial charge on any atom is 0.128 e. The molecule has 1 aliphatic rings. The highest BCUT2D eigenvalue weighted by Crippen LogP contribution is 2.29. The third kappa shape index (κ3) is 3.52. The second-order valence-electron chi connectivity index (χ2n) is 4.93. The summed E-state index contributed by atoms with van der Waals surface area (Å²) in [5.41, 5.74) is 0.744. The van der Waals surface area contributed by atoms with E-state index in [-0.39, 0.29) is 11.9 Å². The monoisotopic (exact) mass is 299 g/mol. The molecule has 1 aromatic rings. The van der Waals surface area contributed by atoms with Gasteiger partial charge < -0.3 is 5.32 Å². The Morgan fingerprint density at radius 3 is 2.88 bits per heavy atom. The first kappa shape index (κ1) is 13.0. The van der Waals surface area contributed by atoms with Crippen molar-refractivity contribution in [3.63, 3.8) is 0 Å². The predicted octanol–water partition coefficient (Wildman–Crippen LogP) is 4.43. The summed E-state index contributed by atoms with van der Waals surface area (Å²) in [6, 6.07) is 5.19. The van der Waals surface area contributed by atoms with Gasteiger partial charge in [-0.3, -0.25) is 0 Å². The summed E-state index contributed by atoms with van der Waals surface area (Å²) in [5, 5.41) is 3.41. The van der Waals surface area contributed by atoms with E-state index in [0.717, 1.165) is 22.5 Å². The molecule has 17 heavy (non-hydrogen) atoms. The first-order valence-corrected chi connectivity index (χ1v) is 7.14. The Labute approximate surface area is 111 Å². The van der Waals surface area contributed by atoms with Crippen LogP contribution in [0.1, 0.15) is 44.2 Å². The first-order valence-electron chi connectivity index (χ1n) is 6.35. The molecule has 1 aromatic carbocycles. The van der Waals surface area contributed by atoms with Crippen LogP contribution in [0.2, 0.25) is 0 Å². The highest BCUT2D eigenvalue weighted by Gasteiger charge is 2.17. The fourth-order valence-electron chi connectivity index (χ4n) is 2.24. The second-order valence-corrected chi connectivity index (χ2v) is 5.84. The van der Waals surface area contributed by atoms with Gasteiger partial charge in [0.1, 0.15) is 5.82 Å². The second kappa shape index (κ2) is 5.96. The molecule has 0 amide bonds. The fraction of sp³-hybridized carbons (Fsp3) is 0.571. The van der Waals surface area contributed by atoms with Crippen molar-refractivity contribution in [1.82, 2.24) is 5.32 Å². The molecule has 1 unspecified atom stereocenters. The summed E-state index contributed by atoms with van der Waals surface area (Å²) in [6.45, 7) is 3.00. The summed E-state index contributed by atoms with van der Waals surface area (Å²) in [4.78, 5) is 0. The Kier molecular flexibility index (Phi) is 4.57. The molecule has 1 atom stereocenters. The molecule has 0 saturated heterocycles. The maximum absolute atomic E-state index is 13.6. The van der Waals surface area contributed by atoms with Crippen LogP contribution < -0.4 is 5.32 Å². The van der Waals surface area contributed by atoms with Crippen LogP contribution in [0.3, 0.4) is 0 Å². The number of hydrogen-bond donors (Lipinski definition) is 1. The van der Waals surface area contributed by atoms with Crippen molar-refractivity contribution in [3.8, 4) is 0 Å². The maximum atomic E-state index is 13.6. The minimum Gasteiger partial charge on any atom is -0.310 e. The van der Waals surface area contributed by atoms with Crippen LogP contribution in [0.5, 0.6) is 0 Å². The van der Waals surface area contributed by atoms with Crippen molar-refractivity contribution in [2.24, 2.45) is 5.92 Å². The van der Waals surface area contributed by atoms with Gasteiger partial charge in [0, 0.05) is 16.1 Å². The molecule has 0 aromatic heterocycles. The lowest BCUT2D eigenvalue weighted by Gasteiger charge is -2.26. The lowest BCUT2D eigenvalue weighted by atomic mass is 9.83. The Bertz CT molecular complexity index is 376. The van der Waals surface area contributed by atoms with E-state index in [1.165, 1.54) is 31.7 Å². The van der Waals surface area contributed by atoms with Gasteiger partial charge in [0.25, 0.3) is 0 Å². The van der Waals surface area contributed by atoms with Crippen LogP contribution >= 0.6 is 15.9 Å². The van der Waals surface area contributed by atoms with Crippen LogP contribution in [0.4, 0.5) is 4.39 Å². The van der Waals surface area contributed by atoms with E-state index in [9.17, 15) is 4.39 Å². The smallest absolute Gasteiger partial charge is 0.128 e. The van der Waals surface area contributed by atoms with E-state index in [0.29, 0.717) is 0 Å². The van der Waals surface area contributed by atoms with Crippen LogP contribution in [0, 0.1) is 11.7 Å². The fourth-order valence-corrected chi connectivity index (χ4v) is 2.62. The van der Waals surface area contributed by atoms with Crippen molar-refractivity contribution in [2.75, 3.05) is 6.54 Å². The molecule has 1 saturated carbocycles. The summed E-state index contributed by atoms with van der Waals surface area (Å²) < 4.78 is 14.6. The zero-order chi connectivity index (χ0) is 12.3. The quantitative estimate of drug-likeness (QED) is 0.848. The molecule has 0 spiro atoms. The van der Waals surface area contributed by atoms with Crippen molar-refractivity contribution in [1.29, 1.82) is 0 Å². The van der Waals surface area contributed by atoms with Crippen LogP contribution in [-0.4, -0.2) is 6.54 Å². The van der Waals surface area contributed by atoms with Gasteiger partial charge in [-0.2, -0.15) is 0 Å². The number of benzene rings is 1. The van der Waals surface area contributed by atoms with Crippen molar-refractivity contribution < 1.29 is 4.39 Å². The van der Waals surface area contributed by atoms with E-state index in [1.54, 1.807) is 6.07 Å². The molecule has 1 nitrogen and oxygen atoms in total. The number of rotatable bonds is 5. The van der Waals surface area contributed by atoms with Gasteiger partial charge in [-0.05, 0) is 44.0 Å². The van der Waals surface area contributed by atoms with Crippen LogP contribution in [-0.2, 0) is 0 Å². The number of hydrogen-bond acceptors (Lipinski definition) is 1. The SMILES string of the molecule is CC(NCCC1CCC1)c1cc(Br)ccc1F. The minimum absolute atomic E-state index is 0.0765. The molecule has 0 bridgehead atoms. The van der Waals surface area contributed by atoms with E-state index in [4.69, 9.17) is 0 Å². The molecule has 0 radical (unpaired) electrons. The zero-order valence-corrected chi connectivity index (χ0v) is 11.8. The van der Waals surface area contributed by atoms with E-state index < -0.39 is 0 Å². The van der Waals surface area contributed by atoms with Gasteiger partial charge in [-0.25, -0.2) is 4.39 Å². The Hall–Kier alpha value is -0.410. The summed E-state index contributed by atoms with van der Waals surface area (Å²) in [5.74, 6) is 0.777. The zero-order valence-electron chi connectivity index (χ0n) is 10.2. The van der Waals surface area contributed by atoms with Crippen molar-refractivity contribution >= 4 is 15.9 Å². The van der Waals surface area contributed by atoms with Gasteiger partial charge >= 0.3 is 0 Å². The lowest BCUT2D eigenvalue weighted by Crippen LogP contribution is -2.24. The highest BCUT2D eigenvalue weighted by atomic mass is 79.9. The predicted molar refractivity (Wildman–Crippen MR) is 72.5 cm³/mol. The van der Waals surface area contributed by atoms with E-state index >= 15 is 0 Å². The average molecular weight is 300 g/mol. The van der Waals surface area contributed by atoms with Gasteiger partial charge in [-0.1, -0.05) is 35.2 Å². The number of nitrogens with one attached hydrogen (secondary N) is 1. The minimum atomic E-state index is -0.128. The summed E-state index contributed by atoms with van der Waals surface area (Å²) in [6.07, 6.45) is 5.36. The molecular weight excluding hydrogens is 281 g/mol. The molecule has 94 valence electrons. The van der Waals surface area contributed by atoms with Crippen molar-refractivity contribution in [3.05, 3.63) is 34.1 Å². The van der Waals surface area contributed by atoms with Crippen molar-refractivity contribution in [2.45, 2.75) is 38.6 Å². The van der Waals surface area contributed by atoms with Gasteiger partial charge in [0.2, 0.25) is 0 Å². The summed E-state index contributed by atoms with van der Waals surface area (Å²) in [7, 11) is 0. The summed E-state index contributed by atoms with van der Waals surface area (Å²) >= 11 is 3.38. The largest absolute Gasteiger partial charge is 0.310 e. The lowest BCUT2D eigenvalue weighted by molar-refractivity contribution is 0.288. The van der Waals surface area contributed by atoms with Crippen LogP contribution in [0.15, 0.2) is 22.7 Å². The molecular formula is C14H19BrFN. The van der Waals surface area contributed by atoms with Crippen LogP contribution in [0.25, 0.3) is 0 Å². The highest BCUT2D eigenvalue weighted by molar-refractivity contribution is 9.10. The molecule has 1 aliphatic carbocycles. The molecule has 2 rings (SSSR count). The standard InChI is InChI=1S/C14H19BrFN/c1-10(17-8-7-11-3-2-4-11)13-9-12(15)5-6-14(13)16/h5-6,9-11,17H,2-4,7-8H2,1H3.